The SMILES string of the molecule is CCC(CCO[Si])OCC1CO1. The molecule has 1 heterocycles. The monoisotopic (exact) mass is 187 g/mol. The summed E-state index contributed by atoms with van der Waals surface area (Å²) >= 11 is 0. The van der Waals surface area contributed by atoms with Crippen LogP contribution in [0.4, 0.5) is 0 Å². The molecule has 0 N–H and O–H groups in total. The van der Waals surface area contributed by atoms with E-state index in [1.807, 2.05) is 0 Å². The van der Waals surface area contributed by atoms with Crippen LogP contribution in [0.2, 0.25) is 0 Å². The Hall–Kier alpha value is 0.0969. The molecular formula is C8H15O3Si. The zero-order chi connectivity index (χ0) is 8.81. The smallest absolute Gasteiger partial charge is 0.246 e. The third-order valence-electron chi connectivity index (χ3n) is 1.92. The molecule has 0 bridgehead atoms. The van der Waals surface area contributed by atoms with E-state index in [9.17, 15) is 0 Å². The topological polar surface area (TPSA) is 31.0 Å². The van der Waals surface area contributed by atoms with Crippen molar-refractivity contribution in [2.45, 2.75) is 32.0 Å². The summed E-state index contributed by atoms with van der Waals surface area (Å²) in [5.41, 5.74) is 0. The summed E-state index contributed by atoms with van der Waals surface area (Å²) in [5, 5.41) is 0. The van der Waals surface area contributed by atoms with Crippen molar-refractivity contribution in [2.75, 3.05) is 19.8 Å². The molecule has 0 saturated carbocycles. The molecule has 0 aromatic heterocycles. The first kappa shape index (κ1) is 10.2. The van der Waals surface area contributed by atoms with E-state index >= 15 is 0 Å². The minimum absolute atomic E-state index is 0.311. The van der Waals surface area contributed by atoms with E-state index in [1.165, 1.54) is 0 Å². The van der Waals surface area contributed by atoms with Crippen molar-refractivity contribution >= 4 is 10.5 Å². The molecule has 0 aromatic rings. The van der Waals surface area contributed by atoms with E-state index < -0.39 is 0 Å². The van der Waals surface area contributed by atoms with E-state index in [1.54, 1.807) is 0 Å². The molecule has 2 atom stereocenters. The Morgan fingerprint density at radius 2 is 2.42 bits per heavy atom. The molecule has 1 fully saturated rings. The maximum Gasteiger partial charge on any atom is 0.246 e. The highest BCUT2D eigenvalue weighted by molar-refractivity contribution is 5.97. The van der Waals surface area contributed by atoms with Crippen molar-refractivity contribution < 1.29 is 13.9 Å². The highest BCUT2D eigenvalue weighted by Crippen LogP contribution is 2.12. The van der Waals surface area contributed by atoms with Gasteiger partial charge in [0.1, 0.15) is 6.10 Å². The van der Waals surface area contributed by atoms with Gasteiger partial charge < -0.3 is 13.9 Å². The molecule has 0 amide bonds. The van der Waals surface area contributed by atoms with Gasteiger partial charge in [0.2, 0.25) is 10.5 Å². The van der Waals surface area contributed by atoms with Gasteiger partial charge in [-0.25, -0.2) is 0 Å². The first-order valence-corrected chi connectivity index (χ1v) is 4.79. The van der Waals surface area contributed by atoms with Crippen LogP contribution < -0.4 is 0 Å². The predicted octanol–water partition coefficient (Wildman–Crippen LogP) is 0.671. The van der Waals surface area contributed by atoms with Crippen LogP contribution >= 0.6 is 0 Å². The number of epoxide rings is 1. The molecule has 1 saturated heterocycles. The summed E-state index contributed by atoms with van der Waals surface area (Å²) in [6.07, 6.45) is 2.64. The van der Waals surface area contributed by atoms with E-state index in [2.05, 4.69) is 17.4 Å². The second kappa shape index (κ2) is 5.69. The summed E-state index contributed by atoms with van der Waals surface area (Å²) < 4.78 is 15.4. The largest absolute Gasteiger partial charge is 0.419 e. The van der Waals surface area contributed by atoms with Crippen LogP contribution in [0.1, 0.15) is 19.8 Å². The van der Waals surface area contributed by atoms with Crippen molar-refractivity contribution in [1.29, 1.82) is 0 Å². The standard InChI is InChI=1S/C8H15O3Si/c1-2-7(3-4-11-12)9-5-8-6-10-8/h7-8H,2-6H2,1H3. The summed E-state index contributed by atoms with van der Waals surface area (Å²) in [6.45, 7) is 4.41. The number of hydrogen-bond acceptors (Lipinski definition) is 3. The van der Waals surface area contributed by atoms with Gasteiger partial charge in [-0.2, -0.15) is 0 Å². The quantitative estimate of drug-likeness (QED) is 0.433. The molecule has 1 aliphatic heterocycles. The Bertz CT molecular complexity index is 117. The molecule has 2 unspecified atom stereocenters. The van der Waals surface area contributed by atoms with Gasteiger partial charge in [-0.3, -0.25) is 0 Å². The van der Waals surface area contributed by atoms with Crippen LogP contribution in [0.3, 0.4) is 0 Å². The lowest BCUT2D eigenvalue weighted by atomic mass is 10.2. The van der Waals surface area contributed by atoms with Crippen LogP contribution in [0.15, 0.2) is 0 Å². The van der Waals surface area contributed by atoms with Crippen LogP contribution in [0, 0.1) is 0 Å². The second-order valence-corrected chi connectivity index (χ2v) is 3.24. The number of hydrogen-bond donors (Lipinski definition) is 0. The third kappa shape index (κ3) is 4.20. The van der Waals surface area contributed by atoms with Gasteiger partial charge in [-0.15, -0.1) is 0 Å². The Balaban J connectivity index is 1.98. The second-order valence-electron chi connectivity index (χ2n) is 2.96. The fourth-order valence-electron chi connectivity index (χ4n) is 1.00. The van der Waals surface area contributed by atoms with Crippen molar-refractivity contribution in [3.8, 4) is 0 Å². The van der Waals surface area contributed by atoms with Crippen molar-refractivity contribution in [2.24, 2.45) is 0 Å². The number of rotatable bonds is 7. The predicted molar refractivity (Wildman–Crippen MR) is 46.1 cm³/mol. The van der Waals surface area contributed by atoms with Crippen molar-refractivity contribution in [3.63, 3.8) is 0 Å². The molecule has 1 rings (SSSR count). The van der Waals surface area contributed by atoms with Gasteiger partial charge >= 0.3 is 0 Å². The molecule has 4 heteroatoms. The van der Waals surface area contributed by atoms with Gasteiger partial charge in [0.05, 0.1) is 19.3 Å². The van der Waals surface area contributed by atoms with Crippen LogP contribution in [0.5, 0.6) is 0 Å². The Kier molecular flexibility index (Phi) is 4.83. The van der Waals surface area contributed by atoms with Crippen LogP contribution in [-0.2, 0) is 13.9 Å². The average molecular weight is 187 g/mol. The van der Waals surface area contributed by atoms with Crippen molar-refractivity contribution in [1.82, 2.24) is 0 Å². The fraction of sp³-hybridized carbons (Fsp3) is 1.00. The highest BCUT2D eigenvalue weighted by atomic mass is 28.2. The Morgan fingerprint density at radius 3 is 2.92 bits per heavy atom. The molecule has 69 valence electrons. The fourth-order valence-corrected chi connectivity index (χ4v) is 1.12. The molecule has 0 spiro atoms. The first-order chi connectivity index (χ1) is 5.86. The van der Waals surface area contributed by atoms with Crippen molar-refractivity contribution in [3.05, 3.63) is 0 Å². The first-order valence-electron chi connectivity index (χ1n) is 4.38. The highest BCUT2D eigenvalue weighted by Gasteiger charge is 2.23. The maximum atomic E-state index is 5.59. The Labute approximate surface area is 76.9 Å². The van der Waals surface area contributed by atoms with E-state index in [0.717, 1.165) is 26.1 Å². The molecule has 3 radical (unpaired) electrons. The minimum Gasteiger partial charge on any atom is -0.419 e. The lowest BCUT2D eigenvalue weighted by Gasteiger charge is -2.14. The summed E-state index contributed by atoms with van der Waals surface area (Å²) in [5.74, 6) is 0. The van der Waals surface area contributed by atoms with Crippen LogP contribution in [0.25, 0.3) is 0 Å². The third-order valence-corrected chi connectivity index (χ3v) is 2.12. The number of ether oxygens (including phenoxy) is 2. The van der Waals surface area contributed by atoms with E-state index in [4.69, 9.17) is 13.9 Å². The zero-order valence-corrected chi connectivity index (χ0v) is 8.41. The normalized spacial score (nSPS) is 24.0. The molecule has 12 heavy (non-hydrogen) atoms. The molecule has 3 nitrogen and oxygen atoms in total. The lowest BCUT2D eigenvalue weighted by molar-refractivity contribution is 0.0275. The summed E-state index contributed by atoms with van der Waals surface area (Å²) in [6, 6.07) is 0. The van der Waals surface area contributed by atoms with Crippen LogP contribution in [-0.4, -0.2) is 42.5 Å². The van der Waals surface area contributed by atoms with E-state index in [0.29, 0.717) is 18.8 Å². The minimum atomic E-state index is 0.311. The molecule has 0 aromatic carbocycles. The van der Waals surface area contributed by atoms with Gasteiger partial charge in [-0.1, -0.05) is 6.92 Å². The molecular weight excluding hydrogens is 172 g/mol. The van der Waals surface area contributed by atoms with Gasteiger partial charge in [0, 0.05) is 6.61 Å². The molecule has 1 aliphatic rings. The summed E-state index contributed by atoms with van der Waals surface area (Å²) in [4.78, 5) is 0. The lowest BCUT2D eigenvalue weighted by Crippen LogP contribution is -2.17. The van der Waals surface area contributed by atoms with Gasteiger partial charge in [0.15, 0.2) is 0 Å². The van der Waals surface area contributed by atoms with Gasteiger partial charge in [-0.05, 0) is 12.8 Å². The van der Waals surface area contributed by atoms with E-state index in [-0.39, 0.29) is 0 Å². The molecule has 0 aliphatic carbocycles. The zero-order valence-electron chi connectivity index (χ0n) is 7.41. The average Bonchev–Trinajstić information content (AvgIpc) is 2.89. The summed E-state index contributed by atoms with van der Waals surface area (Å²) in [7, 11) is 2.96. The Morgan fingerprint density at radius 1 is 1.67 bits per heavy atom. The maximum absolute atomic E-state index is 5.59. The van der Waals surface area contributed by atoms with Gasteiger partial charge in [0.25, 0.3) is 0 Å².